The molecule has 3 fully saturated rings. The summed E-state index contributed by atoms with van der Waals surface area (Å²) in [4.78, 5) is 28.5. The molecule has 0 spiro atoms. The monoisotopic (exact) mass is 364 g/mol. The van der Waals surface area contributed by atoms with Gasteiger partial charge in [-0.1, -0.05) is 25.7 Å². The molecule has 2 saturated heterocycles. The molecule has 1 unspecified atom stereocenters. The summed E-state index contributed by atoms with van der Waals surface area (Å²) in [6, 6.07) is 0.0427. The molecule has 3 rings (SSSR count). The molecule has 2 heterocycles. The summed E-state index contributed by atoms with van der Waals surface area (Å²) in [5.41, 5.74) is 5.50. The summed E-state index contributed by atoms with van der Waals surface area (Å²) in [5.74, 6) is -0.0405. The van der Waals surface area contributed by atoms with Crippen LogP contribution in [0.5, 0.6) is 0 Å². The van der Waals surface area contributed by atoms with Gasteiger partial charge in [-0.3, -0.25) is 9.69 Å². The highest BCUT2D eigenvalue weighted by atomic mass is 16.2. The van der Waals surface area contributed by atoms with E-state index in [1.807, 2.05) is 4.90 Å². The SMILES string of the molecule is NC(=O)CC1CCCN(C(=O)NCC2(N3CCCCC3)CCCCC2)C1. The maximum Gasteiger partial charge on any atom is 0.317 e. The first-order valence-corrected chi connectivity index (χ1v) is 10.7. The molecule has 0 aromatic heterocycles. The van der Waals surface area contributed by atoms with Crippen LogP contribution >= 0.6 is 0 Å². The molecule has 6 heteroatoms. The second-order valence-corrected chi connectivity index (χ2v) is 8.62. The van der Waals surface area contributed by atoms with E-state index in [1.165, 1.54) is 64.5 Å². The largest absolute Gasteiger partial charge is 0.370 e. The molecule has 3 aliphatic rings. The number of nitrogens with zero attached hydrogens (tertiary/aromatic N) is 2. The van der Waals surface area contributed by atoms with Crippen molar-refractivity contribution in [3.05, 3.63) is 0 Å². The van der Waals surface area contributed by atoms with Gasteiger partial charge >= 0.3 is 6.03 Å². The summed E-state index contributed by atoms with van der Waals surface area (Å²) < 4.78 is 0. The molecule has 2 aliphatic heterocycles. The van der Waals surface area contributed by atoms with Crippen molar-refractivity contribution in [2.24, 2.45) is 11.7 Å². The van der Waals surface area contributed by atoms with Gasteiger partial charge in [0.25, 0.3) is 0 Å². The second kappa shape index (κ2) is 9.07. The summed E-state index contributed by atoms with van der Waals surface area (Å²) in [6.45, 7) is 4.58. The van der Waals surface area contributed by atoms with E-state index >= 15 is 0 Å². The summed E-state index contributed by atoms with van der Waals surface area (Å²) in [5, 5.41) is 3.26. The standard InChI is InChI=1S/C20H36N4O2/c21-18(25)14-17-8-7-11-23(15-17)19(26)22-16-20(9-3-1-4-10-20)24-12-5-2-6-13-24/h17H,1-16H2,(H2,21,25)(H,22,26). The average Bonchev–Trinajstić information content (AvgIpc) is 2.67. The quantitative estimate of drug-likeness (QED) is 0.786. The van der Waals surface area contributed by atoms with Crippen LogP contribution in [0.25, 0.3) is 0 Å². The van der Waals surface area contributed by atoms with Crippen LogP contribution in [0.4, 0.5) is 4.79 Å². The Morgan fingerprint density at radius 2 is 1.65 bits per heavy atom. The van der Waals surface area contributed by atoms with Gasteiger partial charge in [-0.15, -0.1) is 0 Å². The van der Waals surface area contributed by atoms with Gasteiger partial charge in [0.05, 0.1) is 0 Å². The summed E-state index contributed by atoms with van der Waals surface area (Å²) >= 11 is 0. The first-order chi connectivity index (χ1) is 12.6. The third kappa shape index (κ3) is 4.90. The molecule has 1 saturated carbocycles. The number of carbonyl (C=O) groups excluding carboxylic acids is 2. The molecule has 26 heavy (non-hydrogen) atoms. The van der Waals surface area contributed by atoms with Crippen molar-refractivity contribution in [1.29, 1.82) is 0 Å². The fourth-order valence-electron chi connectivity index (χ4n) is 5.24. The van der Waals surface area contributed by atoms with Crippen LogP contribution in [0.1, 0.15) is 70.6 Å². The number of nitrogens with two attached hydrogens (primary N) is 1. The highest BCUT2D eigenvalue weighted by molar-refractivity contribution is 5.75. The van der Waals surface area contributed by atoms with E-state index in [0.717, 1.165) is 25.9 Å². The number of likely N-dealkylation sites (tertiary alicyclic amines) is 2. The van der Waals surface area contributed by atoms with Crippen molar-refractivity contribution in [3.8, 4) is 0 Å². The van der Waals surface area contributed by atoms with Crippen molar-refractivity contribution in [1.82, 2.24) is 15.1 Å². The zero-order valence-corrected chi connectivity index (χ0v) is 16.2. The zero-order chi connectivity index (χ0) is 18.4. The summed E-state index contributed by atoms with van der Waals surface area (Å²) in [7, 11) is 0. The van der Waals surface area contributed by atoms with Crippen LogP contribution in [-0.4, -0.2) is 60.0 Å². The molecule has 3 N–H and O–H groups in total. The average molecular weight is 365 g/mol. The first kappa shape index (κ1) is 19.5. The minimum absolute atomic E-state index is 0.0427. The summed E-state index contributed by atoms with van der Waals surface area (Å²) in [6.07, 6.45) is 12.5. The third-order valence-corrected chi connectivity index (χ3v) is 6.68. The number of urea groups is 1. The topological polar surface area (TPSA) is 78.7 Å². The third-order valence-electron chi connectivity index (χ3n) is 6.68. The van der Waals surface area contributed by atoms with Gasteiger partial charge in [0.15, 0.2) is 0 Å². The van der Waals surface area contributed by atoms with E-state index < -0.39 is 0 Å². The van der Waals surface area contributed by atoms with Crippen molar-refractivity contribution in [2.45, 2.75) is 76.2 Å². The highest BCUT2D eigenvalue weighted by Crippen LogP contribution is 2.35. The molecule has 0 aromatic rings. The molecular weight excluding hydrogens is 328 g/mol. The number of hydrogen-bond acceptors (Lipinski definition) is 3. The van der Waals surface area contributed by atoms with Gasteiger partial charge in [0, 0.05) is 31.6 Å². The van der Waals surface area contributed by atoms with Gasteiger partial charge < -0.3 is 16.0 Å². The number of carbonyl (C=O) groups is 2. The maximum atomic E-state index is 12.8. The first-order valence-electron chi connectivity index (χ1n) is 10.7. The molecule has 0 aromatic carbocycles. The number of amides is 3. The minimum atomic E-state index is -0.261. The van der Waals surface area contributed by atoms with Crippen molar-refractivity contribution in [2.75, 3.05) is 32.7 Å². The van der Waals surface area contributed by atoms with E-state index in [0.29, 0.717) is 13.0 Å². The number of piperidine rings is 2. The lowest BCUT2D eigenvalue weighted by molar-refractivity contribution is -0.119. The minimum Gasteiger partial charge on any atom is -0.370 e. The van der Waals surface area contributed by atoms with E-state index in [2.05, 4.69) is 10.2 Å². The predicted molar refractivity (Wildman–Crippen MR) is 103 cm³/mol. The Bertz CT molecular complexity index is 484. The van der Waals surface area contributed by atoms with Crippen LogP contribution in [0.15, 0.2) is 0 Å². The molecule has 3 amide bonds. The molecule has 0 radical (unpaired) electrons. The van der Waals surface area contributed by atoms with Crippen LogP contribution < -0.4 is 11.1 Å². The molecule has 6 nitrogen and oxygen atoms in total. The van der Waals surface area contributed by atoms with Gasteiger partial charge in [-0.25, -0.2) is 4.79 Å². The van der Waals surface area contributed by atoms with E-state index in [-0.39, 0.29) is 23.4 Å². The van der Waals surface area contributed by atoms with Crippen LogP contribution in [-0.2, 0) is 4.79 Å². The van der Waals surface area contributed by atoms with Crippen molar-refractivity contribution >= 4 is 11.9 Å². The van der Waals surface area contributed by atoms with Crippen LogP contribution in [0.2, 0.25) is 0 Å². The Kier molecular flexibility index (Phi) is 6.79. The Labute approximate surface area is 157 Å². The molecule has 1 aliphatic carbocycles. The zero-order valence-electron chi connectivity index (χ0n) is 16.2. The number of hydrogen-bond donors (Lipinski definition) is 2. The highest BCUT2D eigenvalue weighted by Gasteiger charge is 2.39. The number of nitrogens with one attached hydrogen (secondary N) is 1. The lowest BCUT2D eigenvalue weighted by Crippen LogP contribution is -2.59. The smallest absolute Gasteiger partial charge is 0.317 e. The fraction of sp³-hybridized carbons (Fsp3) is 0.900. The fourth-order valence-corrected chi connectivity index (χ4v) is 5.24. The number of primary amides is 1. The van der Waals surface area contributed by atoms with Gasteiger partial charge in [-0.2, -0.15) is 0 Å². The van der Waals surface area contributed by atoms with Gasteiger partial charge in [-0.05, 0) is 57.5 Å². The Morgan fingerprint density at radius 1 is 0.962 bits per heavy atom. The molecule has 1 atom stereocenters. The molecular formula is C20H36N4O2. The van der Waals surface area contributed by atoms with Gasteiger partial charge in [0.2, 0.25) is 5.91 Å². The normalized spacial score (nSPS) is 27.1. The van der Waals surface area contributed by atoms with Crippen LogP contribution in [0, 0.1) is 5.92 Å². The Hall–Kier alpha value is -1.30. The Balaban J connectivity index is 1.56. The predicted octanol–water partition coefficient (Wildman–Crippen LogP) is 2.47. The molecule has 0 bridgehead atoms. The van der Waals surface area contributed by atoms with E-state index in [9.17, 15) is 9.59 Å². The lowest BCUT2D eigenvalue weighted by atomic mass is 9.79. The van der Waals surface area contributed by atoms with Gasteiger partial charge in [0.1, 0.15) is 0 Å². The second-order valence-electron chi connectivity index (χ2n) is 8.62. The molecule has 148 valence electrons. The lowest BCUT2D eigenvalue weighted by Gasteiger charge is -2.48. The van der Waals surface area contributed by atoms with Crippen LogP contribution in [0.3, 0.4) is 0 Å². The number of rotatable bonds is 5. The van der Waals surface area contributed by atoms with E-state index in [4.69, 9.17) is 5.73 Å². The Morgan fingerprint density at radius 3 is 2.35 bits per heavy atom. The maximum absolute atomic E-state index is 12.8. The van der Waals surface area contributed by atoms with Crippen molar-refractivity contribution < 1.29 is 9.59 Å². The van der Waals surface area contributed by atoms with Crippen molar-refractivity contribution in [3.63, 3.8) is 0 Å². The van der Waals surface area contributed by atoms with E-state index in [1.54, 1.807) is 0 Å².